The maximum atomic E-state index is 13.6. The summed E-state index contributed by atoms with van der Waals surface area (Å²) in [5.74, 6) is 0.607. The summed E-state index contributed by atoms with van der Waals surface area (Å²) in [5, 5.41) is 0. The van der Waals surface area contributed by atoms with Crippen LogP contribution in [0, 0.1) is 12.7 Å². The minimum atomic E-state index is -0.137. The SMILES string of the molecule is Cc1cc(C2C[C@H]3CC[C@@H](C2)N3C(=O)CCCn2ccnc2)ccc1F. The molecule has 0 saturated carbocycles. The summed E-state index contributed by atoms with van der Waals surface area (Å²) in [6.07, 6.45) is 11.2. The Bertz CT molecular complexity index is 760. The van der Waals surface area contributed by atoms with E-state index in [-0.39, 0.29) is 5.82 Å². The first-order valence-electron chi connectivity index (χ1n) is 9.65. The van der Waals surface area contributed by atoms with Gasteiger partial charge in [-0.15, -0.1) is 0 Å². The summed E-state index contributed by atoms with van der Waals surface area (Å²) in [5.41, 5.74) is 1.95. The van der Waals surface area contributed by atoms with Gasteiger partial charge in [0.15, 0.2) is 0 Å². The van der Waals surface area contributed by atoms with Crippen molar-refractivity contribution < 1.29 is 9.18 Å². The first kappa shape index (κ1) is 17.3. The molecule has 2 aromatic rings. The third-order valence-electron chi connectivity index (χ3n) is 6.04. The zero-order valence-corrected chi connectivity index (χ0v) is 15.3. The molecule has 5 heteroatoms. The Morgan fingerprint density at radius 2 is 2.04 bits per heavy atom. The number of carbonyl (C=O) groups is 1. The Morgan fingerprint density at radius 1 is 1.27 bits per heavy atom. The minimum absolute atomic E-state index is 0.137. The molecule has 138 valence electrons. The van der Waals surface area contributed by atoms with E-state index in [0.29, 0.717) is 35.9 Å². The molecule has 2 bridgehead atoms. The molecule has 26 heavy (non-hydrogen) atoms. The molecule has 3 heterocycles. The van der Waals surface area contributed by atoms with Gasteiger partial charge >= 0.3 is 0 Å². The largest absolute Gasteiger partial charge is 0.337 e. The van der Waals surface area contributed by atoms with Crippen LogP contribution in [0.25, 0.3) is 0 Å². The predicted octanol–water partition coefficient (Wildman–Crippen LogP) is 4.05. The molecule has 1 unspecified atom stereocenters. The van der Waals surface area contributed by atoms with Crippen molar-refractivity contribution in [2.45, 2.75) is 70.0 Å². The fraction of sp³-hybridized carbons (Fsp3) is 0.524. The molecule has 2 saturated heterocycles. The number of halogens is 1. The quantitative estimate of drug-likeness (QED) is 0.812. The van der Waals surface area contributed by atoms with E-state index < -0.39 is 0 Å². The number of rotatable bonds is 5. The fourth-order valence-electron chi connectivity index (χ4n) is 4.74. The second-order valence-corrected chi connectivity index (χ2v) is 7.77. The van der Waals surface area contributed by atoms with Crippen LogP contribution in [-0.4, -0.2) is 32.4 Å². The maximum absolute atomic E-state index is 13.6. The van der Waals surface area contributed by atoms with Gasteiger partial charge in [0.2, 0.25) is 5.91 Å². The molecule has 0 spiro atoms. The number of hydrogen-bond donors (Lipinski definition) is 0. The molecule has 1 aromatic carbocycles. The van der Waals surface area contributed by atoms with Crippen LogP contribution in [0.5, 0.6) is 0 Å². The van der Waals surface area contributed by atoms with Gasteiger partial charge in [0.1, 0.15) is 5.82 Å². The van der Waals surface area contributed by atoms with Crippen molar-refractivity contribution in [2.24, 2.45) is 0 Å². The van der Waals surface area contributed by atoms with E-state index in [1.807, 2.05) is 29.8 Å². The lowest BCUT2D eigenvalue weighted by atomic mass is 9.84. The number of aromatic nitrogens is 2. The van der Waals surface area contributed by atoms with Gasteiger partial charge in [-0.2, -0.15) is 0 Å². The van der Waals surface area contributed by atoms with Crippen LogP contribution in [0.1, 0.15) is 55.6 Å². The summed E-state index contributed by atoms with van der Waals surface area (Å²) < 4.78 is 15.6. The van der Waals surface area contributed by atoms with Crippen LogP contribution < -0.4 is 0 Å². The molecule has 3 atom stereocenters. The zero-order chi connectivity index (χ0) is 18.1. The Hall–Kier alpha value is -2.17. The number of amides is 1. The van der Waals surface area contributed by atoms with Crippen molar-refractivity contribution in [1.29, 1.82) is 0 Å². The molecule has 4 nitrogen and oxygen atoms in total. The molecular weight excluding hydrogens is 329 g/mol. The van der Waals surface area contributed by atoms with E-state index in [1.54, 1.807) is 18.6 Å². The van der Waals surface area contributed by atoms with E-state index in [9.17, 15) is 9.18 Å². The second kappa shape index (κ2) is 7.22. The standard InChI is InChI=1S/C21H26FN3O/c1-15-11-16(4-7-20(15)22)17-12-18-5-6-19(13-17)25(18)21(26)3-2-9-24-10-8-23-14-24/h4,7-8,10-11,14,17-19H,2-3,5-6,9,12-13H2,1H3/t17?,18-,19+. The summed E-state index contributed by atoms with van der Waals surface area (Å²) in [7, 11) is 0. The molecule has 0 aliphatic carbocycles. The number of nitrogens with zero attached hydrogens (tertiary/aromatic N) is 3. The molecule has 2 fully saturated rings. The zero-order valence-electron chi connectivity index (χ0n) is 15.3. The summed E-state index contributed by atoms with van der Waals surface area (Å²) >= 11 is 0. The van der Waals surface area contributed by atoms with Crippen LogP contribution in [0.2, 0.25) is 0 Å². The van der Waals surface area contributed by atoms with Crippen LogP contribution in [0.4, 0.5) is 4.39 Å². The number of carbonyl (C=O) groups excluding carboxylic acids is 1. The predicted molar refractivity (Wildman–Crippen MR) is 98.2 cm³/mol. The number of imidazole rings is 1. The topological polar surface area (TPSA) is 38.1 Å². The average Bonchev–Trinajstić information content (AvgIpc) is 3.23. The highest BCUT2D eigenvalue weighted by molar-refractivity contribution is 5.77. The highest BCUT2D eigenvalue weighted by Gasteiger charge is 2.43. The van der Waals surface area contributed by atoms with E-state index in [2.05, 4.69) is 9.88 Å². The molecule has 0 radical (unpaired) electrons. The van der Waals surface area contributed by atoms with Crippen molar-refractivity contribution in [3.05, 3.63) is 53.9 Å². The minimum Gasteiger partial charge on any atom is -0.337 e. The van der Waals surface area contributed by atoms with E-state index >= 15 is 0 Å². The third-order valence-corrected chi connectivity index (χ3v) is 6.04. The number of fused-ring (bicyclic) bond motifs is 2. The van der Waals surface area contributed by atoms with Gasteiger partial charge < -0.3 is 9.47 Å². The third kappa shape index (κ3) is 3.39. The number of aryl methyl sites for hydroxylation is 2. The Labute approximate surface area is 154 Å². The Morgan fingerprint density at radius 3 is 2.69 bits per heavy atom. The normalized spacial score (nSPS) is 24.8. The maximum Gasteiger partial charge on any atom is 0.223 e. The van der Waals surface area contributed by atoms with Crippen molar-refractivity contribution in [3.8, 4) is 0 Å². The number of piperidine rings is 1. The van der Waals surface area contributed by atoms with E-state index in [1.165, 1.54) is 5.56 Å². The molecule has 1 aromatic heterocycles. The smallest absolute Gasteiger partial charge is 0.223 e. The van der Waals surface area contributed by atoms with E-state index in [4.69, 9.17) is 0 Å². The molecule has 0 N–H and O–H groups in total. The highest BCUT2D eigenvalue weighted by Crippen LogP contribution is 2.43. The lowest BCUT2D eigenvalue weighted by Crippen LogP contribution is -2.46. The van der Waals surface area contributed by atoms with Crippen LogP contribution in [-0.2, 0) is 11.3 Å². The van der Waals surface area contributed by atoms with Gasteiger partial charge in [0, 0.05) is 37.4 Å². The van der Waals surface area contributed by atoms with Crippen molar-refractivity contribution in [1.82, 2.24) is 14.5 Å². The van der Waals surface area contributed by atoms with Crippen LogP contribution >= 0.6 is 0 Å². The second-order valence-electron chi connectivity index (χ2n) is 7.77. The lowest BCUT2D eigenvalue weighted by molar-refractivity contribution is -0.136. The van der Waals surface area contributed by atoms with Crippen LogP contribution in [0.15, 0.2) is 36.9 Å². The van der Waals surface area contributed by atoms with Crippen LogP contribution in [0.3, 0.4) is 0 Å². The molecule has 4 rings (SSSR count). The summed E-state index contributed by atoms with van der Waals surface area (Å²) in [4.78, 5) is 19.0. The van der Waals surface area contributed by atoms with Crippen molar-refractivity contribution in [3.63, 3.8) is 0 Å². The summed E-state index contributed by atoms with van der Waals surface area (Å²) in [6, 6.07) is 6.20. The number of hydrogen-bond acceptors (Lipinski definition) is 2. The van der Waals surface area contributed by atoms with Gasteiger partial charge in [0.25, 0.3) is 0 Å². The Kier molecular flexibility index (Phi) is 4.79. The Balaban J connectivity index is 1.37. The van der Waals surface area contributed by atoms with Gasteiger partial charge in [-0.05, 0) is 62.1 Å². The lowest BCUT2D eigenvalue weighted by Gasteiger charge is -2.39. The first-order valence-corrected chi connectivity index (χ1v) is 9.65. The highest BCUT2D eigenvalue weighted by atomic mass is 19.1. The fourth-order valence-corrected chi connectivity index (χ4v) is 4.74. The average molecular weight is 355 g/mol. The number of benzene rings is 1. The van der Waals surface area contributed by atoms with Gasteiger partial charge in [-0.3, -0.25) is 4.79 Å². The van der Waals surface area contributed by atoms with E-state index in [0.717, 1.165) is 38.6 Å². The van der Waals surface area contributed by atoms with Gasteiger partial charge in [-0.25, -0.2) is 9.37 Å². The van der Waals surface area contributed by atoms with Gasteiger partial charge in [0.05, 0.1) is 6.33 Å². The molecule has 1 amide bonds. The summed E-state index contributed by atoms with van der Waals surface area (Å²) in [6.45, 7) is 2.67. The molecule has 2 aliphatic heterocycles. The van der Waals surface area contributed by atoms with Crippen molar-refractivity contribution in [2.75, 3.05) is 0 Å². The monoisotopic (exact) mass is 355 g/mol. The molecular formula is C21H26FN3O. The van der Waals surface area contributed by atoms with Crippen molar-refractivity contribution >= 4 is 5.91 Å². The first-order chi connectivity index (χ1) is 12.6. The molecule has 2 aliphatic rings. The van der Waals surface area contributed by atoms with Gasteiger partial charge in [-0.1, -0.05) is 12.1 Å².